The van der Waals surface area contributed by atoms with Crippen molar-refractivity contribution in [1.82, 2.24) is 4.98 Å². The van der Waals surface area contributed by atoms with E-state index in [4.69, 9.17) is 14.2 Å². The Morgan fingerprint density at radius 3 is 2.54 bits per heavy atom. The van der Waals surface area contributed by atoms with Gasteiger partial charge in [0.05, 0.1) is 13.2 Å². The molecule has 0 amide bonds. The van der Waals surface area contributed by atoms with Crippen molar-refractivity contribution >= 4 is 6.16 Å². The van der Waals surface area contributed by atoms with Crippen molar-refractivity contribution in [1.29, 1.82) is 0 Å². The van der Waals surface area contributed by atoms with Crippen molar-refractivity contribution in [2.24, 2.45) is 0 Å². The Morgan fingerprint density at radius 2 is 1.88 bits per heavy atom. The van der Waals surface area contributed by atoms with Crippen LogP contribution in [-0.2, 0) is 15.9 Å². The van der Waals surface area contributed by atoms with Crippen molar-refractivity contribution in [3.8, 4) is 5.88 Å². The minimum Gasteiger partial charge on any atom is -0.422 e. The third-order valence-corrected chi connectivity index (χ3v) is 4.05. The van der Waals surface area contributed by atoms with Crippen LogP contribution in [0.2, 0.25) is 0 Å². The molecular weight excluding hydrogens is 306 g/mol. The molecule has 1 aliphatic heterocycles. The second kappa shape index (κ2) is 7.93. The average Bonchev–Trinajstić information content (AvgIpc) is 2.58. The van der Waals surface area contributed by atoms with Crippen LogP contribution in [0.3, 0.4) is 0 Å². The second-order valence-corrected chi connectivity index (χ2v) is 5.99. The van der Waals surface area contributed by atoms with Gasteiger partial charge in [-0.05, 0) is 37.3 Å². The lowest BCUT2D eigenvalue weighted by atomic mass is 9.93. The molecule has 5 nitrogen and oxygen atoms in total. The van der Waals surface area contributed by atoms with Crippen molar-refractivity contribution in [3.05, 3.63) is 60.3 Å². The first kappa shape index (κ1) is 16.5. The smallest absolute Gasteiger partial charge is 0.422 e. The van der Waals surface area contributed by atoms with E-state index in [1.807, 2.05) is 18.2 Å². The Bertz CT molecular complexity index is 641. The summed E-state index contributed by atoms with van der Waals surface area (Å²) in [5.41, 5.74) is 0.773. The zero-order chi connectivity index (χ0) is 16.7. The molecule has 2 heterocycles. The molecule has 0 N–H and O–H groups in total. The molecule has 24 heavy (non-hydrogen) atoms. The van der Waals surface area contributed by atoms with Crippen LogP contribution in [0.5, 0.6) is 5.88 Å². The fourth-order valence-corrected chi connectivity index (χ4v) is 2.70. The molecule has 0 saturated carbocycles. The van der Waals surface area contributed by atoms with Gasteiger partial charge in [0, 0.05) is 12.3 Å². The highest BCUT2D eigenvalue weighted by molar-refractivity contribution is 5.63. The summed E-state index contributed by atoms with van der Waals surface area (Å²) in [6, 6.07) is 15.5. The molecule has 126 valence electrons. The van der Waals surface area contributed by atoms with Gasteiger partial charge < -0.3 is 14.2 Å². The number of unbranched alkanes of at least 4 members (excludes halogenated alkanes) is 1. The molecule has 0 atom stereocenters. The summed E-state index contributed by atoms with van der Waals surface area (Å²) in [5, 5.41) is 0. The molecule has 1 saturated heterocycles. The van der Waals surface area contributed by atoms with Crippen LogP contribution in [0.1, 0.15) is 24.8 Å². The maximum absolute atomic E-state index is 11.9. The quantitative estimate of drug-likeness (QED) is 0.572. The first-order valence-electron chi connectivity index (χ1n) is 8.19. The fraction of sp³-hybridized carbons (Fsp3) is 0.368. The number of rotatable bonds is 7. The molecule has 0 spiro atoms. The van der Waals surface area contributed by atoms with Gasteiger partial charge in [0.25, 0.3) is 0 Å². The van der Waals surface area contributed by atoms with Gasteiger partial charge in [-0.15, -0.1) is 0 Å². The lowest BCUT2D eigenvalue weighted by molar-refractivity contribution is -0.188. The lowest BCUT2D eigenvalue weighted by Crippen LogP contribution is -2.53. The number of hydrogen-bond donors (Lipinski definition) is 0. The highest BCUT2D eigenvalue weighted by atomic mass is 16.8. The third kappa shape index (κ3) is 4.55. The normalized spacial score (nSPS) is 15.3. The first-order chi connectivity index (χ1) is 11.8. The van der Waals surface area contributed by atoms with Gasteiger partial charge in [-0.25, -0.2) is 9.78 Å². The van der Waals surface area contributed by atoms with Gasteiger partial charge in [0.15, 0.2) is 5.60 Å². The monoisotopic (exact) mass is 327 g/mol. The Kier molecular flexibility index (Phi) is 5.43. The van der Waals surface area contributed by atoms with Gasteiger partial charge >= 0.3 is 6.16 Å². The molecule has 1 aromatic carbocycles. The van der Waals surface area contributed by atoms with E-state index in [2.05, 4.69) is 17.1 Å². The van der Waals surface area contributed by atoms with E-state index < -0.39 is 11.8 Å². The molecule has 0 radical (unpaired) electrons. The minimum atomic E-state index is -0.722. The Morgan fingerprint density at radius 1 is 1.08 bits per heavy atom. The summed E-state index contributed by atoms with van der Waals surface area (Å²) in [4.78, 5) is 15.9. The summed E-state index contributed by atoms with van der Waals surface area (Å²) in [6.07, 6.45) is 4.65. The molecular formula is C19H21NO4. The number of pyridine rings is 1. The Hall–Kier alpha value is -2.40. The summed E-state index contributed by atoms with van der Waals surface area (Å²) < 4.78 is 15.9. The van der Waals surface area contributed by atoms with Gasteiger partial charge in [-0.1, -0.05) is 36.4 Å². The van der Waals surface area contributed by atoms with Gasteiger partial charge in [-0.2, -0.15) is 0 Å². The summed E-state index contributed by atoms with van der Waals surface area (Å²) >= 11 is 0. The largest absolute Gasteiger partial charge is 0.515 e. The molecule has 1 aliphatic rings. The minimum absolute atomic E-state index is 0.238. The number of aryl methyl sites for hydroxylation is 1. The van der Waals surface area contributed by atoms with Crippen molar-refractivity contribution in [2.75, 3.05) is 13.2 Å². The number of ether oxygens (including phenoxy) is 3. The second-order valence-electron chi connectivity index (χ2n) is 5.99. The van der Waals surface area contributed by atoms with E-state index in [1.54, 1.807) is 24.4 Å². The van der Waals surface area contributed by atoms with Crippen molar-refractivity contribution < 1.29 is 19.0 Å². The van der Waals surface area contributed by atoms with E-state index in [0.717, 1.165) is 25.7 Å². The number of benzene rings is 1. The maximum Gasteiger partial charge on any atom is 0.515 e. The number of hydrogen-bond acceptors (Lipinski definition) is 5. The lowest BCUT2D eigenvalue weighted by Gasteiger charge is -2.40. The standard InChI is InChI=1S/C19H21NO4/c21-18(23-17-11-5-7-13-20-17)24-19(14-22-15-19)12-6-4-10-16-8-2-1-3-9-16/h1-3,5,7-9,11,13H,4,6,10,12,14-15H2. The van der Waals surface area contributed by atoms with Crippen LogP contribution in [-0.4, -0.2) is 30.0 Å². The molecule has 1 fully saturated rings. The molecule has 1 aromatic heterocycles. The topological polar surface area (TPSA) is 57.7 Å². The van der Waals surface area contributed by atoms with Gasteiger partial charge in [-0.3, -0.25) is 0 Å². The van der Waals surface area contributed by atoms with Crippen LogP contribution >= 0.6 is 0 Å². The molecule has 3 rings (SSSR count). The van der Waals surface area contributed by atoms with Crippen LogP contribution < -0.4 is 4.74 Å². The van der Waals surface area contributed by atoms with E-state index in [1.165, 1.54) is 5.56 Å². The Balaban J connectivity index is 1.43. The van der Waals surface area contributed by atoms with Crippen molar-refractivity contribution in [3.63, 3.8) is 0 Å². The fourth-order valence-electron chi connectivity index (χ4n) is 2.70. The van der Waals surface area contributed by atoms with E-state index >= 15 is 0 Å². The summed E-state index contributed by atoms with van der Waals surface area (Å²) in [6.45, 7) is 0.852. The Labute approximate surface area is 141 Å². The molecule has 0 aliphatic carbocycles. The van der Waals surface area contributed by atoms with Crippen LogP contribution in [0, 0.1) is 0 Å². The SMILES string of the molecule is O=C(Oc1ccccn1)OC1(CCCCc2ccccc2)COC1. The van der Waals surface area contributed by atoms with E-state index in [0.29, 0.717) is 13.2 Å². The molecule has 2 aromatic rings. The highest BCUT2D eigenvalue weighted by Crippen LogP contribution is 2.29. The first-order valence-corrected chi connectivity index (χ1v) is 8.19. The molecule has 0 unspecified atom stereocenters. The number of carbonyl (C=O) groups is 1. The predicted molar refractivity (Wildman–Crippen MR) is 88.9 cm³/mol. The summed E-state index contributed by atoms with van der Waals surface area (Å²) in [5.74, 6) is 0.238. The van der Waals surface area contributed by atoms with E-state index in [9.17, 15) is 4.79 Å². The molecule has 0 bridgehead atoms. The zero-order valence-corrected chi connectivity index (χ0v) is 13.5. The summed E-state index contributed by atoms with van der Waals surface area (Å²) in [7, 11) is 0. The van der Waals surface area contributed by atoms with Crippen LogP contribution in [0.15, 0.2) is 54.7 Å². The molecule has 5 heteroatoms. The van der Waals surface area contributed by atoms with Crippen molar-refractivity contribution in [2.45, 2.75) is 31.3 Å². The van der Waals surface area contributed by atoms with Gasteiger partial charge in [0.2, 0.25) is 5.88 Å². The van der Waals surface area contributed by atoms with Crippen LogP contribution in [0.25, 0.3) is 0 Å². The van der Waals surface area contributed by atoms with Gasteiger partial charge in [0.1, 0.15) is 0 Å². The highest BCUT2D eigenvalue weighted by Gasteiger charge is 2.42. The predicted octanol–water partition coefficient (Wildman–Crippen LogP) is 3.78. The number of aromatic nitrogens is 1. The third-order valence-electron chi connectivity index (χ3n) is 4.05. The average molecular weight is 327 g/mol. The maximum atomic E-state index is 11.9. The number of nitrogens with zero attached hydrogens (tertiary/aromatic N) is 1. The van der Waals surface area contributed by atoms with E-state index in [-0.39, 0.29) is 5.88 Å². The zero-order valence-electron chi connectivity index (χ0n) is 13.5. The van der Waals surface area contributed by atoms with Crippen LogP contribution in [0.4, 0.5) is 4.79 Å². The number of carbonyl (C=O) groups excluding carboxylic acids is 1.